The van der Waals surface area contributed by atoms with Crippen molar-refractivity contribution in [2.75, 3.05) is 12.4 Å². The SMILES string of the molecule is COc1cc(/C=N\NC(=O)c2ccc(-c3csc(Nc4ccc(Cl)cc4)n3)cc2)ccc1OCc1ccc(I)cc1. The van der Waals surface area contributed by atoms with Gasteiger partial charge in [0.2, 0.25) is 0 Å². The van der Waals surface area contributed by atoms with Crippen LogP contribution in [0.3, 0.4) is 0 Å². The first-order valence-corrected chi connectivity index (χ1v) is 14.8. The minimum Gasteiger partial charge on any atom is -0.493 e. The molecule has 5 aromatic rings. The molecule has 0 saturated carbocycles. The van der Waals surface area contributed by atoms with Crippen LogP contribution in [0.2, 0.25) is 5.02 Å². The summed E-state index contributed by atoms with van der Waals surface area (Å²) in [7, 11) is 1.59. The first-order valence-electron chi connectivity index (χ1n) is 12.4. The number of hydrogen-bond acceptors (Lipinski definition) is 7. The number of anilines is 2. The van der Waals surface area contributed by atoms with E-state index < -0.39 is 0 Å². The van der Waals surface area contributed by atoms with E-state index in [2.05, 4.69) is 43.4 Å². The Labute approximate surface area is 260 Å². The summed E-state index contributed by atoms with van der Waals surface area (Å²) in [6.45, 7) is 0.430. The van der Waals surface area contributed by atoms with E-state index in [9.17, 15) is 4.79 Å². The zero-order valence-corrected chi connectivity index (χ0v) is 25.5. The van der Waals surface area contributed by atoms with Gasteiger partial charge in [-0.25, -0.2) is 10.4 Å². The molecule has 1 aromatic heterocycles. The van der Waals surface area contributed by atoms with Gasteiger partial charge in [0.25, 0.3) is 5.91 Å². The number of halogens is 2. The molecule has 0 radical (unpaired) electrons. The van der Waals surface area contributed by atoms with E-state index in [1.807, 2.05) is 78.2 Å². The number of carbonyl (C=O) groups excluding carboxylic acids is 1. The second-order valence-electron chi connectivity index (χ2n) is 8.77. The van der Waals surface area contributed by atoms with E-state index in [1.165, 1.54) is 14.9 Å². The molecule has 0 aliphatic carbocycles. The minimum absolute atomic E-state index is 0.319. The summed E-state index contributed by atoms with van der Waals surface area (Å²) in [5.74, 6) is 0.885. The van der Waals surface area contributed by atoms with Crippen LogP contribution in [0.1, 0.15) is 21.5 Å². The number of hydrazone groups is 1. The maximum Gasteiger partial charge on any atom is 0.271 e. The van der Waals surface area contributed by atoms with Crippen molar-refractivity contribution in [2.45, 2.75) is 6.61 Å². The first kappa shape index (κ1) is 28.6. The van der Waals surface area contributed by atoms with Crippen molar-refractivity contribution < 1.29 is 14.3 Å². The molecule has 0 unspecified atom stereocenters. The van der Waals surface area contributed by atoms with E-state index in [1.54, 1.807) is 31.5 Å². The van der Waals surface area contributed by atoms with Crippen molar-refractivity contribution >= 4 is 68.5 Å². The van der Waals surface area contributed by atoms with Gasteiger partial charge in [0.1, 0.15) is 6.61 Å². The predicted octanol–water partition coefficient (Wildman–Crippen LogP) is 8.16. The van der Waals surface area contributed by atoms with Gasteiger partial charge in [-0.15, -0.1) is 11.3 Å². The lowest BCUT2D eigenvalue weighted by Crippen LogP contribution is -2.17. The second-order valence-corrected chi connectivity index (χ2v) is 11.3. The lowest BCUT2D eigenvalue weighted by atomic mass is 10.1. The molecular weight excluding hydrogens is 671 g/mol. The Hall–Kier alpha value is -3.93. The number of amides is 1. The quantitative estimate of drug-likeness (QED) is 0.0876. The number of ether oxygens (including phenoxy) is 2. The zero-order chi connectivity index (χ0) is 28.6. The molecule has 0 aliphatic rings. The van der Waals surface area contributed by atoms with E-state index >= 15 is 0 Å². The fraction of sp³-hybridized carbons (Fsp3) is 0.0645. The number of hydrogen-bond donors (Lipinski definition) is 2. The highest BCUT2D eigenvalue weighted by Gasteiger charge is 2.09. The normalized spacial score (nSPS) is 10.9. The van der Waals surface area contributed by atoms with Gasteiger partial charge in [-0.3, -0.25) is 4.79 Å². The number of methoxy groups -OCH3 is 1. The first-order chi connectivity index (χ1) is 20.0. The number of carbonyl (C=O) groups is 1. The third-order valence-corrected chi connectivity index (χ3v) is 7.65. The molecule has 0 fully saturated rings. The topological polar surface area (TPSA) is 84.8 Å². The van der Waals surface area contributed by atoms with Gasteiger partial charge in [-0.1, -0.05) is 35.9 Å². The van der Waals surface area contributed by atoms with Crippen LogP contribution in [0.15, 0.2) is 101 Å². The molecule has 5 rings (SSSR count). The van der Waals surface area contributed by atoms with Gasteiger partial charge < -0.3 is 14.8 Å². The number of nitrogens with one attached hydrogen (secondary N) is 2. The molecule has 10 heteroatoms. The molecule has 41 heavy (non-hydrogen) atoms. The predicted molar refractivity (Wildman–Crippen MR) is 174 cm³/mol. The van der Waals surface area contributed by atoms with E-state index in [-0.39, 0.29) is 5.91 Å². The summed E-state index contributed by atoms with van der Waals surface area (Å²) >= 11 is 9.72. The van der Waals surface area contributed by atoms with Crippen LogP contribution in [-0.4, -0.2) is 24.2 Å². The van der Waals surface area contributed by atoms with Crippen LogP contribution in [0.5, 0.6) is 11.5 Å². The largest absolute Gasteiger partial charge is 0.493 e. The lowest BCUT2D eigenvalue weighted by Gasteiger charge is -2.11. The van der Waals surface area contributed by atoms with Crippen LogP contribution in [0.25, 0.3) is 11.3 Å². The third kappa shape index (κ3) is 7.84. The lowest BCUT2D eigenvalue weighted by molar-refractivity contribution is 0.0955. The van der Waals surface area contributed by atoms with Gasteiger partial charge in [0.15, 0.2) is 16.6 Å². The van der Waals surface area contributed by atoms with Crippen LogP contribution in [0, 0.1) is 3.57 Å². The van der Waals surface area contributed by atoms with Gasteiger partial charge in [-0.2, -0.15) is 5.10 Å². The van der Waals surface area contributed by atoms with Crippen LogP contribution >= 0.6 is 45.5 Å². The molecule has 1 heterocycles. The Kier molecular flexibility index (Phi) is 9.50. The fourth-order valence-corrected chi connectivity index (χ4v) is 4.99. The van der Waals surface area contributed by atoms with Gasteiger partial charge in [0.05, 0.1) is 19.0 Å². The highest BCUT2D eigenvalue weighted by molar-refractivity contribution is 14.1. The molecule has 4 aromatic carbocycles. The van der Waals surface area contributed by atoms with Crippen LogP contribution in [0.4, 0.5) is 10.8 Å². The average Bonchev–Trinajstić information content (AvgIpc) is 3.47. The molecule has 0 atom stereocenters. The maximum atomic E-state index is 12.6. The average molecular weight is 695 g/mol. The van der Waals surface area contributed by atoms with E-state index in [0.717, 1.165) is 33.2 Å². The Balaban J connectivity index is 1.15. The van der Waals surface area contributed by atoms with Crippen molar-refractivity contribution in [3.8, 4) is 22.8 Å². The summed E-state index contributed by atoms with van der Waals surface area (Å²) in [4.78, 5) is 17.3. The molecule has 0 spiro atoms. The minimum atomic E-state index is -0.319. The van der Waals surface area contributed by atoms with Crippen molar-refractivity contribution in [3.63, 3.8) is 0 Å². The van der Waals surface area contributed by atoms with Crippen molar-refractivity contribution in [3.05, 3.63) is 122 Å². The molecule has 0 bridgehead atoms. The summed E-state index contributed by atoms with van der Waals surface area (Å²) in [6, 6.07) is 28.3. The zero-order valence-electron chi connectivity index (χ0n) is 21.8. The number of rotatable bonds is 10. The Morgan fingerprint density at radius 1 is 1.00 bits per heavy atom. The Bertz CT molecular complexity index is 1660. The summed E-state index contributed by atoms with van der Waals surface area (Å²) in [6.07, 6.45) is 1.56. The molecule has 7 nitrogen and oxygen atoms in total. The Morgan fingerprint density at radius 2 is 1.76 bits per heavy atom. The number of thiazole rings is 1. The van der Waals surface area contributed by atoms with Crippen LogP contribution < -0.4 is 20.2 Å². The number of nitrogens with zero attached hydrogens (tertiary/aromatic N) is 2. The maximum absolute atomic E-state index is 12.6. The highest BCUT2D eigenvalue weighted by Crippen LogP contribution is 2.29. The van der Waals surface area contributed by atoms with Crippen molar-refractivity contribution in [1.29, 1.82) is 0 Å². The molecule has 0 aliphatic heterocycles. The van der Waals surface area contributed by atoms with Gasteiger partial charge in [-0.05, 0) is 100 Å². The second kappa shape index (κ2) is 13.6. The van der Waals surface area contributed by atoms with Crippen molar-refractivity contribution in [1.82, 2.24) is 10.4 Å². The molecule has 0 saturated heterocycles. The summed E-state index contributed by atoms with van der Waals surface area (Å²) in [5.41, 5.74) is 7.50. The van der Waals surface area contributed by atoms with Crippen LogP contribution in [-0.2, 0) is 6.61 Å². The van der Waals surface area contributed by atoms with E-state index in [4.69, 9.17) is 21.1 Å². The molecule has 2 N–H and O–H groups in total. The third-order valence-electron chi connectivity index (χ3n) is 5.92. The summed E-state index contributed by atoms with van der Waals surface area (Å²) in [5, 5.41) is 10.8. The molecular formula is C31H24ClIN4O3S. The summed E-state index contributed by atoms with van der Waals surface area (Å²) < 4.78 is 12.6. The van der Waals surface area contributed by atoms with Gasteiger partial charge in [0, 0.05) is 30.8 Å². The number of aromatic nitrogens is 1. The highest BCUT2D eigenvalue weighted by atomic mass is 127. The smallest absolute Gasteiger partial charge is 0.271 e. The fourth-order valence-electron chi connectivity index (χ4n) is 3.77. The monoisotopic (exact) mass is 694 g/mol. The van der Waals surface area contributed by atoms with Crippen molar-refractivity contribution in [2.24, 2.45) is 5.10 Å². The number of benzene rings is 4. The molecule has 1 amide bonds. The Morgan fingerprint density at radius 3 is 2.49 bits per heavy atom. The standard InChI is InChI=1S/C31H24ClIN4O3S/c1-39-29-16-21(4-15-28(29)40-18-20-2-11-25(33)12-3-20)17-34-37-30(38)23-7-5-22(6-8-23)27-19-41-31(36-27)35-26-13-9-24(32)10-14-26/h2-17,19H,18H2,1H3,(H,35,36)(H,37,38)/b34-17-. The van der Waals surface area contributed by atoms with Gasteiger partial charge >= 0.3 is 0 Å². The van der Waals surface area contributed by atoms with E-state index in [0.29, 0.717) is 28.7 Å². The molecule has 206 valence electrons.